The van der Waals surface area contributed by atoms with Gasteiger partial charge >= 0.3 is 23.1 Å². The summed E-state index contributed by atoms with van der Waals surface area (Å²) in [5.41, 5.74) is 0.248. The van der Waals surface area contributed by atoms with Crippen LogP contribution >= 0.6 is 23.2 Å². The third kappa shape index (κ3) is 10.3. The molecule has 2 aromatic carbocycles. The first kappa shape index (κ1) is 31.9. The van der Waals surface area contributed by atoms with Gasteiger partial charge in [-0.1, -0.05) is 29.3 Å². The molecule has 1 aliphatic heterocycles. The predicted octanol–water partition coefficient (Wildman–Crippen LogP) is 3.37. The van der Waals surface area contributed by atoms with Crippen LogP contribution in [0.3, 0.4) is 0 Å². The van der Waals surface area contributed by atoms with E-state index < -0.39 is 21.5 Å². The second kappa shape index (κ2) is 17.3. The summed E-state index contributed by atoms with van der Waals surface area (Å²) in [6.07, 6.45) is 4.29. The van der Waals surface area contributed by atoms with Gasteiger partial charge in [-0.05, 0) is 37.1 Å². The van der Waals surface area contributed by atoms with Gasteiger partial charge in [0.25, 0.3) is 5.69 Å². The van der Waals surface area contributed by atoms with Crippen molar-refractivity contribution in [3.05, 3.63) is 87.5 Å². The number of rotatable bonds is 1. The summed E-state index contributed by atoms with van der Waals surface area (Å²) in [5, 5.41) is 10.8. The maximum atomic E-state index is 12.8. The molecule has 11 heteroatoms. The van der Waals surface area contributed by atoms with Gasteiger partial charge in [0.15, 0.2) is 5.02 Å². The van der Waals surface area contributed by atoms with Crippen molar-refractivity contribution >= 4 is 62.8 Å². The van der Waals surface area contributed by atoms with Gasteiger partial charge in [-0.2, -0.15) is 0 Å². The number of halogens is 5. The second-order valence-corrected chi connectivity index (χ2v) is 6.21. The van der Waals surface area contributed by atoms with Crippen molar-refractivity contribution in [3.63, 3.8) is 0 Å². The number of nitro benzene ring substituents is 1. The molecule has 1 fully saturated rings. The predicted molar refractivity (Wildman–Crippen MR) is 117 cm³/mol. The quantitative estimate of drug-likeness (QED) is 0.220. The largest absolute Gasteiger partial charge is 2.00 e. The molecular formula is C20H19BrCl2F2MgN2O3. The number of nitro groups is 1. The second-order valence-electron chi connectivity index (χ2n) is 5.45. The van der Waals surface area contributed by atoms with E-state index in [-0.39, 0.29) is 50.9 Å². The van der Waals surface area contributed by atoms with Crippen LogP contribution in [-0.4, -0.2) is 46.2 Å². The Labute approximate surface area is 215 Å². The summed E-state index contributed by atoms with van der Waals surface area (Å²) < 4.78 is 30.2. The zero-order chi connectivity index (χ0) is 21.8. The summed E-state index contributed by atoms with van der Waals surface area (Å²) in [5.74, 6) is -1.16. The Morgan fingerprint density at radius 3 is 2.10 bits per heavy atom. The van der Waals surface area contributed by atoms with Gasteiger partial charge in [-0.25, -0.2) is 8.78 Å². The zero-order valence-corrected chi connectivity index (χ0v) is 20.9. The monoisotopic (exact) mass is 546 g/mol. The number of nitrogens with one attached hydrogen (secondary N) is 1. The first-order valence-corrected chi connectivity index (χ1v) is 9.15. The Bertz CT molecular complexity index is 936. The van der Waals surface area contributed by atoms with Crippen molar-refractivity contribution in [2.45, 2.75) is 12.8 Å². The van der Waals surface area contributed by atoms with Crippen molar-refractivity contribution in [3.8, 4) is 0 Å². The number of fused-ring (bicyclic) bond motifs is 1. The molecule has 3 aromatic rings. The summed E-state index contributed by atoms with van der Waals surface area (Å²) >= 11 is 10.9. The Hall–Kier alpha value is -1.23. The summed E-state index contributed by atoms with van der Waals surface area (Å²) in [4.78, 5) is 12.3. The average molecular weight is 548 g/mol. The van der Waals surface area contributed by atoms with Crippen molar-refractivity contribution in [2.24, 2.45) is 0 Å². The Morgan fingerprint density at radius 1 is 1.03 bits per heavy atom. The van der Waals surface area contributed by atoms with E-state index in [4.69, 9.17) is 27.9 Å². The summed E-state index contributed by atoms with van der Waals surface area (Å²) in [7, 11) is 0. The van der Waals surface area contributed by atoms with Crippen LogP contribution in [0.2, 0.25) is 10.0 Å². The van der Waals surface area contributed by atoms with Crippen LogP contribution in [0.25, 0.3) is 10.9 Å². The number of hydrogen-bond acceptors (Lipinski definition) is 3. The van der Waals surface area contributed by atoms with Crippen LogP contribution in [-0.2, 0) is 4.74 Å². The Kier molecular flexibility index (Phi) is 17.9. The van der Waals surface area contributed by atoms with E-state index in [0.717, 1.165) is 30.7 Å². The zero-order valence-electron chi connectivity index (χ0n) is 16.4. The summed E-state index contributed by atoms with van der Waals surface area (Å²) in [6.45, 7) is 9.00. The molecule has 0 radical (unpaired) electrons. The van der Waals surface area contributed by atoms with E-state index in [9.17, 15) is 18.9 Å². The Morgan fingerprint density at radius 2 is 1.61 bits per heavy atom. The molecule has 164 valence electrons. The van der Waals surface area contributed by atoms with E-state index in [1.54, 1.807) is 12.3 Å². The molecule has 31 heavy (non-hydrogen) atoms. The maximum Gasteiger partial charge on any atom is 2.00 e. The fraction of sp³-hybridized carbons (Fsp3) is 0.200. The fourth-order valence-electron chi connectivity index (χ4n) is 2.21. The van der Waals surface area contributed by atoms with Gasteiger partial charge in [0.1, 0.15) is 16.7 Å². The third-order valence-electron chi connectivity index (χ3n) is 3.57. The normalized spacial score (nSPS) is 11.2. The van der Waals surface area contributed by atoms with Gasteiger partial charge in [-0.3, -0.25) is 16.7 Å². The molecule has 2 heterocycles. The van der Waals surface area contributed by atoms with Crippen LogP contribution in [0.1, 0.15) is 12.8 Å². The van der Waals surface area contributed by atoms with Crippen molar-refractivity contribution < 1.29 is 35.4 Å². The van der Waals surface area contributed by atoms with Gasteiger partial charge in [0.05, 0.1) is 10.4 Å². The van der Waals surface area contributed by atoms with Crippen molar-refractivity contribution in [2.75, 3.05) is 13.2 Å². The number of nitrogens with zero attached hydrogens (tertiary/aromatic N) is 1. The molecule has 0 spiro atoms. The molecular weight excluding hydrogens is 529 g/mol. The van der Waals surface area contributed by atoms with Crippen LogP contribution < -0.4 is 17.0 Å². The van der Waals surface area contributed by atoms with E-state index in [2.05, 4.69) is 18.1 Å². The van der Waals surface area contributed by atoms with E-state index in [0.29, 0.717) is 5.52 Å². The standard InChI is InChI=1S/C8H5ClFN.C6H3ClFNO2.C4H8O.C2H3.BrH.Mg/c9-7-6(10)2-1-5-3-4-11-8(5)7;7-6-4(8)2-1-3-5(6)9(10)11;1-2-4-5-3-1;1-2;;/h1-4,11H;1-3H;1-4H2;1H,2H2;1H;/q;;;-1;;+2/p-1. The minimum Gasteiger partial charge on any atom is -1.00 e. The molecule has 1 aromatic heterocycles. The fourth-order valence-corrected chi connectivity index (χ4v) is 2.63. The number of ether oxygens (including phenoxy) is 1. The molecule has 4 rings (SSSR count). The molecule has 5 nitrogen and oxygen atoms in total. The molecule has 0 bridgehead atoms. The molecule has 1 aliphatic rings. The number of aromatic amines is 1. The molecule has 0 unspecified atom stereocenters. The first-order chi connectivity index (χ1) is 13.9. The van der Waals surface area contributed by atoms with Gasteiger partial charge < -0.3 is 33.3 Å². The minimum atomic E-state index is -0.777. The molecule has 0 amide bonds. The van der Waals surface area contributed by atoms with Crippen LogP contribution in [0.4, 0.5) is 14.5 Å². The first-order valence-electron chi connectivity index (χ1n) is 8.40. The molecule has 0 aliphatic carbocycles. The van der Waals surface area contributed by atoms with Gasteiger partial charge in [0.2, 0.25) is 0 Å². The van der Waals surface area contributed by atoms with Gasteiger partial charge in [-0.15, -0.1) is 0 Å². The van der Waals surface area contributed by atoms with E-state index in [1.165, 1.54) is 25.0 Å². The molecule has 1 saturated heterocycles. The Balaban J connectivity index is 0. The topological polar surface area (TPSA) is 68.2 Å². The number of benzene rings is 2. The summed E-state index contributed by atoms with van der Waals surface area (Å²) in [6, 6.07) is 8.34. The van der Waals surface area contributed by atoms with E-state index in [1.807, 2.05) is 6.07 Å². The third-order valence-corrected chi connectivity index (χ3v) is 4.32. The number of hydrogen-bond donors (Lipinski definition) is 1. The minimum absolute atomic E-state index is 0. The smallest absolute Gasteiger partial charge is 1.00 e. The van der Waals surface area contributed by atoms with Crippen LogP contribution in [0, 0.1) is 28.3 Å². The number of aromatic nitrogens is 1. The molecule has 1 N–H and O–H groups in total. The van der Waals surface area contributed by atoms with Crippen LogP contribution in [0.15, 0.2) is 49.2 Å². The number of H-pyrrole nitrogens is 1. The van der Waals surface area contributed by atoms with Crippen molar-refractivity contribution in [1.82, 2.24) is 4.98 Å². The van der Waals surface area contributed by atoms with Crippen molar-refractivity contribution in [1.29, 1.82) is 0 Å². The maximum absolute atomic E-state index is 12.8. The molecule has 0 atom stereocenters. The van der Waals surface area contributed by atoms with Gasteiger partial charge in [0, 0.05) is 30.9 Å². The average Bonchev–Trinajstić information content (AvgIpc) is 3.44. The SMILES string of the molecule is C1CCOC1.Fc1ccc2cc[nH]c2c1Cl.O=[N+]([O-])c1cccc(F)c1Cl.[Br-].[CH-]=C.[Mg+2]. The molecule has 0 saturated carbocycles. The van der Waals surface area contributed by atoms with Crippen LogP contribution in [0.5, 0.6) is 0 Å². The van der Waals surface area contributed by atoms with E-state index >= 15 is 0 Å².